The fraction of sp³-hybridized carbons (Fsp3) is 0.250. The zero-order valence-electron chi connectivity index (χ0n) is 12.7. The first-order chi connectivity index (χ1) is 11.8. The van der Waals surface area contributed by atoms with E-state index in [-0.39, 0.29) is 11.8 Å². The number of hydrogen-bond acceptors (Lipinski definition) is 7. The van der Waals surface area contributed by atoms with Crippen LogP contribution in [0, 0.1) is 0 Å². The molecule has 0 saturated carbocycles. The molecule has 0 spiro atoms. The topological polar surface area (TPSA) is 97.9 Å². The number of amides is 1. The molecule has 120 valence electrons. The fourth-order valence-corrected chi connectivity index (χ4v) is 2.74. The summed E-state index contributed by atoms with van der Waals surface area (Å²) >= 11 is 0. The van der Waals surface area contributed by atoms with Crippen LogP contribution in [0.2, 0.25) is 0 Å². The Balaban J connectivity index is 1.48. The average molecular weight is 322 g/mol. The molecule has 8 heteroatoms. The van der Waals surface area contributed by atoms with Gasteiger partial charge in [-0.2, -0.15) is 4.98 Å². The smallest absolute Gasteiger partial charge is 0.274 e. The molecular weight excluding hydrogens is 308 g/mol. The van der Waals surface area contributed by atoms with E-state index in [0.29, 0.717) is 30.5 Å². The highest BCUT2D eigenvalue weighted by Gasteiger charge is 2.32. The third kappa shape index (κ3) is 2.73. The Bertz CT molecular complexity index is 836. The lowest BCUT2D eigenvalue weighted by molar-refractivity contribution is 0.0783. The molecule has 3 aromatic rings. The van der Waals surface area contributed by atoms with Crippen LogP contribution in [-0.2, 0) is 0 Å². The molecule has 1 saturated heterocycles. The first-order valence-electron chi connectivity index (χ1n) is 7.60. The summed E-state index contributed by atoms with van der Waals surface area (Å²) in [5.74, 6) is 0.996. The number of rotatable bonds is 3. The molecule has 0 radical (unpaired) electrons. The maximum atomic E-state index is 12.4. The Hall–Kier alpha value is -3.16. The quantitative estimate of drug-likeness (QED) is 0.721. The number of aromatic nitrogens is 5. The van der Waals surface area contributed by atoms with Gasteiger partial charge in [-0.3, -0.25) is 14.8 Å². The minimum atomic E-state index is -0.125. The monoisotopic (exact) mass is 322 g/mol. The molecule has 0 bridgehead atoms. The Morgan fingerprint density at radius 2 is 2.04 bits per heavy atom. The van der Waals surface area contributed by atoms with Gasteiger partial charge < -0.3 is 9.42 Å². The summed E-state index contributed by atoms with van der Waals surface area (Å²) in [4.78, 5) is 30.6. The molecule has 1 fully saturated rings. The van der Waals surface area contributed by atoms with Gasteiger partial charge in [0, 0.05) is 43.4 Å². The normalized spacial score (nSPS) is 17.2. The Kier molecular flexibility index (Phi) is 3.70. The summed E-state index contributed by atoms with van der Waals surface area (Å²) < 4.78 is 5.39. The summed E-state index contributed by atoms with van der Waals surface area (Å²) in [7, 11) is 0. The van der Waals surface area contributed by atoms with Crippen molar-refractivity contribution in [1.29, 1.82) is 0 Å². The first kappa shape index (κ1) is 14.4. The maximum Gasteiger partial charge on any atom is 0.274 e. The van der Waals surface area contributed by atoms with Crippen LogP contribution >= 0.6 is 0 Å². The van der Waals surface area contributed by atoms with Crippen molar-refractivity contribution < 1.29 is 9.32 Å². The highest BCUT2D eigenvalue weighted by molar-refractivity contribution is 5.92. The van der Waals surface area contributed by atoms with E-state index in [1.165, 1.54) is 12.4 Å². The van der Waals surface area contributed by atoms with E-state index in [1.807, 2.05) is 12.1 Å². The molecule has 1 aliphatic heterocycles. The van der Waals surface area contributed by atoms with Gasteiger partial charge in [0.05, 0.1) is 12.1 Å². The maximum absolute atomic E-state index is 12.4. The van der Waals surface area contributed by atoms with Crippen molar-refractivity contribution in [3.05, 3.63) is 54.7 Å². The first-order valence-corrected chi connectivity index (χ1v) is 7.60. The standard InChI is InChI=1S/C16H14N6O2/c23-16(13-9-18-6-7-19-13)22-8-3-12(10-22)15-20-14(21-24-15)11-1-4-17-5-2-11/h1-2,4-7,9,12H,3,8,10H2/t12-/m0/s1. The van der Waals surface area contributed by atoms with Crippen LogP contribution in [0.1, 0.15) is 28.7 Å². The van der Waals surface area contributed by atoms with Crippen LogP contribution in [0.15, 0.2) is 47.6 Å². The van der Waals surface area contributed by atoms with E-state index in [2.05, 4.69) is 25.1 Å². The Morgan fingerprint density at radius 3 is 2.83 bits per heavy atom. The van der Waals surface area contributed by atoms with E-state index in [1.54, 1.807) is 23.5 Å². The number of nitrogens with zero attached hydrogens (tertiary/aromatic N) is 6. The number of pyridine rings is 1. The summed E-state index contributed by atoms with van der Waals surface area (Å²) in [6.07, 6.45) is 8.68. The van der Waals surface area contributed by atoms with Gasteiger partial charge in [0.2, 0.25) is 11.7 Å². The van der Waals surface area contributed by atoms with E-state index in [4.69, 9.17) is 4.52 Å². The third-order valence-electron chi connectivity index (χ3n) is 3.99. The highest BCUT2D eigenvalue weighted by atomic mass is 16.5. The average Bonchev–Trinajstić information content (AvgIpc) is 3.32. The molecule has 1 aliphatic rings. The van der Waals surface area contributed by atoms with Gasteiger partial charge in [-0.25, -0.2) is 4.98 Å². The number of carbonyl (C=O) groups is 1. The van der Waals surface area contributed by atoms with Crippen molar-refractivity contribution in [1.82, 2.24) is 30.0 Å². The molecule has 24 heavy (non-hydrogen) atoms. The van der Waals surface area contributed by atoms with Gasteiger partial charge in [-0.05, 0) is 18.6 Å². The van der Waals surface area contributed by atoms with Crippen LogP contribution in [0.4, 0.5) is 0 Å². The molecule has 0 aromatic carbocycles. The molecule has 0 unspecified atom stereocenters. The number of carbonyl (C=O) groups excluding carboxylic acids is 1. The Labute approximate surface area is 137 Å². The lowest BCUT2D eigenvalue weighted by Crippen LogP contribution is -2.29. The van der Waals surface area contributed by atoms with Crippen molar-refractivity contribution >= 4 is 5.91 Å². The van der Waals surface area contributed by atoms with Gasteiger partial charge >= 0.3 is 0 Å². The van der Waals surface area contributed by atoms with Gasteiger partial charge in [-0.1, -0.05) is 5.16 Å². The van der Waals surface area contributed by atoms with E-state index < -0.39 is 0 Å². The second-order valence-corrected chi connectivity index (χ2v) is 5.52. The lowest BCUT2D eigenvalue weighted by Gasteiger charge is -2.14. The molecule has 3 aromatic heterocycles. The second kappa shape index (κ2) is 6.15. The molecular formula is C16H14N6O2. The molecule has 0 aliphatic carbocycles. The van der Waals surface area contributed by atoms with Crippen LogP contribution in [0.3, 0.4) is 0 Å². The van der Waals surface area contributed by atoms with Crippen molar-refractivity contribution in [2.24, 2.45) is 0 Å². The predicted octanol–water partition coefficient (Wildman–Crippen LogP) is 1.55. The van der Waals surface area contributed by atoms with Gasteiger partial charge in [-0.15, -0.1) is 0 Å². The Morgan fingerprint density at radius 1 is 1.17 bits per heavy atom. The predicted molar refractivity (Wildman–Crippen MR) is 82.8 cm³/mol. The number of hydrogen-bond donors (Lipinski definition) is 0. The highest BCUT2D eigenvalue weighted by Crippen LogP contribution is 2.28. The van der Waals surface area contributed by atoms with E-state index >= 15 is 0 Å². The largest absolute Gasteiger partial charge is 0.339 e. The van der Waals surface area contributed by atoms with E-state index in [0.717, 1.165) is 12.0 Å². The number of likely N-dealkylation sites (tertiary alicyclic amines) is 1. The second-order valence-electron chi connectivity index (χ2n) is 5.52. The lowest BCUT2D eigenvalue weighted by atomic mass is 10.1. The third-order valence-corrected chi connectivity index (χ3v) is 3.99. The molecule has 1 atom stereocenters. The summed E-state index contributed by atoms with van der Waals surface area (Å²) in [5, 5.41) is 4.02. The zero-order chi connectivity index (χ0) is 16.4. The molecule has 4 rings (SSSR count). The van der Waals surface area contributed by atoms with Crippen molar-refractivity contribution in [3.63, 3.8) is 0 Å². The van der Waals surface area contributed by atoms with Gasteiger partial charge in [0.1, 0.15) is 5.69 Å². The SMILES string of the molecule is O=C(c1cnccn1)N1CC[C@H](c2nc(-c3ccncc3)no2)C1. The van der Waals surface area contributed by atoms with Crippen LogP contribution in [0.25, 0.3) is 11.4 Å². The van der Waals surface area contributed by atoms with Crippen LogP contribution in [0.5, 0.6) is 0 Å². The van der Waals surface area contributed by atoms with E-state index in [9.17, 15) is 4.79 Å². The molecule has 4 heterocycles. The summed E-state index contributed by atoms with van der Waals surface area (Å²) in [6.45, 7) is 1.17. The van der Waals surface area contributed by atoms with Crippen molar-refractivity contribution in [2.75, 3.05) is 13.1 Å². The van der Waals surface area contributed by atoms with Gasteiger partial charge in [0.25, 0.3) is 5.91 Å². The van der Waals surface area contributed by atoms with Gasteiger partial charge in [0.15, 0.2) is 0 Å². The molecule has 8 nitrogen and oxygen atoms in total. The minimum absolute atomic E-state index is 0.0358. The minimum Gasteiger partial charge on any atom is -0.339 e. The fourth-order valence-electron chi connectivity index (χ4n) is 2.74. The van der Waals surface area contributed by atoms with Crippen LogP contribution < -0.4 is 0 Å². The summed E-state index contributed by atoms with van der Waals surface area (Å²) in [6, 6.07) is 3.65. The zero-order valence-corrected chi connectivity index (χ0v) is 12.7. The van der Waals surface area contributed by atoms with Crippen molar-refractivity contribution in [3.8, 4) is 11.4 Å². The molecule has 1 amide bonds. The molecule has 0 N–H and O–H groups in total. The summed E-state index contributed by atoms with van der Waals surface area (Å²) in [5.41, 5.74) is 1.20. The van der Waals surface area contributed by atoms with Crippen molar-refractivity contribution in [2.45, 2.75) is 12.3 Å². The van der Waals surface area contributed by atoms with Crippen LogP contribution in [-0.4, -0.2) is 49.0 Å².